The Morgan fingerprint density at radius 2 is 1.83 bits per heavy atom. The van der Waals surface area contributed by atoms with Crippen molar-refractivity contribution in [3.63, 3.8) is 0 Å². The van der Waals surface area contributed by atoms with Crippen LogP contribution in [0.2, 0.25) is 0 Å². The summed E-state index contributed by atoms with van der Waals surface area (Å²) in [5, 5.41) is 3.67. The van der Waals surface area contributed by atoms with Crippen molar-refractivity contribution in [3.8, 4) is 0 Å². The molecule has 0 spiro atoms. The molecule has 3 rings (SSSR count). The molecule has 0 bridgehead atoms. The molecule has 1 aliphatic heterocycles. The average Bonchev–Trinajstić information content (AvgIpc) is 2.83. The third kappa shape index (κ3) is 3.44. The van der Waals surface area contributed by atoms with Gasteiger partial charge in [-0.15, -0.1) is 11.3 Å². The number of thiophene rings is 1. The lowest BCUT2D eigenvalue weighted by Crippen LogP contribution is -2.38. The van der Waals surface area contributed by atoms with E-state index in [1.54, 1.807) is 11.3 Å². The van der Waals surface area contributed by atoms with E-state index in [9.17, 15) is 9.59 Å². The van der Waals surface area contributed by atoms with E-state index in [2.05, 4.69) is 19.2 Å². The molecule has 1 aromatic heterocycles. The fourth-order valence-corrected chi connectivity index (χ4v) is 5.04. The summed E-state index contributed by atoms with van der Waals surface area (Å²) in [6.45, 7) is 7.69. The third-order valence-electron chi connectivity index (χ3n) is 5.09. The van der Waals surface area contributed by atoms with Gasteiger partial charge in [-0.05, 0) is 49.5 Å². The first kappa shape index (κ1) is 16.5. The van der Waals surface area contributed by atoms with Crippen molar-refractivity contribution >= 4 is 28.2 Å². The van der Waals surface area contributed by atoms with Crippen LogP contribution >= 0.6 is 11.3 Å². The van der Waals surface area contributed by atoms with Crippen molar-refractivity contribution in [1.29, 1.82) is 0 Å². The highest BCUT2D eigenvalue weighted by molar-refractivity contribution is 7.17. The van der Waals surface area contributed by atoms with Crippen LogP contribution in [0.4, 0.5) is 5.00 Å². The fraction of sp³-hybridized carbons (Fsp3) is 0.667. The van der Waals surface area contributed by atoms with Gasteiger partial charge in [0.15, 0.2) is 0 Å². The highest BCUT2D eigenvalue weighted by Gasteiger charge is 2.31. The number of fused-ring (bicyclic) bond motifs is 1. The summed E-state index contributed by atoms with van der Waals surface area (Å²) in [6.07, 6.45) is 5.25. The predicted molar refractivity (Wildman–Crippen MR) is 94.1 cm³/mol. The molecular weight excluding hydrogens is 308 g/mol. The number of nitrogens with one attached hydrogen (secondary N) is 1. The quantitative estimate of drug-likeness (QED) is 0.896. The summed E-state index contributed by atoms with van der Waals surface area (Å²) in [6, 6.07) is 0. The van der Waals surface area contributed by atoms with Crippen LogP contribution in [-0.4, -0.2) is 29.8 Å². The molecular formula is C18H26N2O2S. The Hall–Kier alpha value is -1.36. The number of rotatable bonds is 2. The van der Waals surface area contributed by atoms with Crippen LogP contribution in [0, 0.1) is 11.8 Å². The Morgan fingerprint density at radius 3 is 2.48 bits per heavy atom. The van der Waals surface area contributed by atoms with E-state index in [-0.39, 0.29) is 11.8 Å². The lowest BCUT2D eigenvalue weighted by molar-refractivity contribution is -0.114. The van der Waals surface area contributed by atoms with E-state index in [1.807, 2.05) is 4.90 Å². The number of anilines is 1. The molecule has 1 saturated heterocycles. The molecule has 1 aromatic rings. The first-order valence-electron chi connectivity index (χ1n) is 8.67. The first-order valence-corrected chi connectivity index (χ1v) is 9.48. The summed E-state index contributed by atoms with van der Waals surface area (Å²) in [5.74, 6) is 1.38. The van der Waals surface area contributed by atoms with Crippen LogP contribution in [-0.2, 0) is 17.6 Å². The standard InChI is InChI=1S/C18H26N2O2S/c1-11-6-8-20(9-7-11)18(22)16-14-5-4-12(2)10-15(14)23-17(16)19-13(3)21/h11-12H,4-10H2,1-3H3,(H,19,21). The van der Waals surface area contributed by atoms with E-state index < -0.39 is 0 Å². The van der Waals surface area contributed by atoms with Crippen LogP contribution in [0.25, 0.3) is 0 Å². The zero-order valence-corrected chi connectivity index (χ0v) is 15.1. The Morgan fingerprint density at radius 1 is 1.13 bits per heavy atom. The van der Waals surface area contributed by atoms with Gasteiger partial charge in [-0.25, -0.2) is 0 Å². The topological polar surface area (TPSA) is 49.4 Å². The number of carbonyl (C=O) groups excluding carboxylic acids is 2. The SMILES string of the molecule is CC(=O)Nc1sc2c(c1C(=O)N1CCC(C)CC1)CCC(C)C2. The summed E-state index contributed by atoms with van der Waals surface area (Å²) in [4.78, 5) is 27.9. The van der Waals surface area contributed by atoms with Crippen LogP contribution in [0.1, 0.15) is 60.8 Å². The van der Waals surface area contributed by atoms with E-state index >= 15 is 0 Å². The maximum Gasteiger partial charge on any atom is 0.257 e. The number of hydrogen-bond donors (Lipinski definition) is 1. The van der Waals surface area contributed by atoms with Crippen LogP contribution in [0.5, 0.6) is 0 Å². The van der Waals surface area contributed by atoms with E-state index in [0.717, 1.165) is 55.8 Å². The molecule has 2 aliphatic rings. The van der Waals surface area contributed by atoms with Gasteiger partial charge in [0.1, 0.15) is 5.00 Å². The second kappa shape index (κ2) is 6.63. The number of nitrogens with zero attached hydrogens (tertiary/aromatic N) is 1. The van der Waals surface area contributed by atoms with Gasteiger partial charge in [0.2, 0.25) is 5.91 Å². The molecule has 0 saturated carbocycles. The first-order chi connectivity index (χ1) is 11.0. The number of piperidine rings is 1. The zero-order chi connectivity index (χ0) is 16.6. The van der Waals surface area contributed by atoms with Crippen molar-refractivity contribution < 1.29 is 9.59 Å². The molecule has 1 fully saturated rings. The smallest absolute Gasteiger partial charge is 0.257 e. The molecule has 2 heterocycles. The van der Waals surface area contributed by atoms with Crippen molar-refractivity contribution in [2.24, 2.45) is 11.8 Å². The molecule has 4 nitrogen and oxygen atoms in total. The largest absolute Gasteiger partial charge is 0.339 e. The van der Waals surface area contributed by atoms with E-state index in [0.29, 0.717) is 11.8 Å². The van der Waals surface area contributed by atoms with Gasteiger partial charge < -0.3 is 10.2 Å². The zero-order valence-electron chi connectivity index (χ0n) is 14.3. The molecule has 126 valence electrons. The predicted octanol–water partition coefficient (Wildman–Crippen LogP) is 3.70. The van der Waals surface area contributed by atoms with Crippen molar-refractivity contribution in [3.05, 3.63) is 16.0 Å². The summed E-state index contributed by atoms with van der Waals surface area (Å²) < 4.78 is 0. The lowest BCUT2D eigenvalue weighted by Gasteiger charge is -2.31. The Bertz CT molecular complexity index is 615. The summed E-state index contributed by atoms with van der Waals surface area (Å²) in [7, 11) is 0. The highest BCUT2D eigenvalue weighted by atomic mass is 32.1. The van der Waals surface area contributed by atoms with Gasteiger partial charge in [-0.3, -0.25) is 9.59 Å². The van der Waals surface area contributed by atoms with Crippen molar-refractivity contribution in [2.75, 3.05) is 18.4 Å². The summed E-state index contributed by atoms with van der Waals surface area (Å²) in [5.41, 5.74) is 1.97. The molecule has 1 aliphatic carbocycles. The molecule has 23 heavy (non-hydrogen) atoms. The van der Waals surface area contributed by atoms with Crippen LogP contribution < -0.4 is 5.32 Å². The fourth-order valence-electron chi connectivity index (χ4n) is 3.59. The normalized spacial score (nSPS) is 21.9. The van der Waals surface area contributed by atoms with Gasteiger partial charge in [0.25, 0.3) is 5.91 Å². The van der Waals surface area contributed by atoms with Crippen molar-refractivity contribution in [2.45, 2.75) is 52.9 Å². The van der Waals surface area contributed by atoms with Crippen LogP contribution in [0.15, 0.2) is 0 Å². The number of likely N-dealkylation sites (tertiary alicyclic amines) is 1. The Kier molecular flexibility index (Phi) is 4.76. The third-order valence-corrected chi connectivity index (χ3v) is 6.26. The Balaban J connectivity index is 1.92. The molecule has 1 N–H and O–H groups in total. The molecule has 1 atom stereocenters. The minimum absolute atomic E-state index is 0.0991. The number of carbonyl (C=O) groups is 2. The van der Waals surface area contributed by atoms with E-state index in [1.165, 1.54) is 17.4 Å². The van der Waals surface area contributed by atoms with E-state index in [4.69, 9.17) is 0 Å². The molecule has 0 radical (unpaired) electrons. The number of amides is 2. The average molecular weight is 334 g/mol. The maximum atomic E-state index is 13.1. The second-order valence-electron chi connectivity index (χ2n) is 7.21. The minimum Gasteiger partial charge on any atom is -0.339 e. The molecule has 0 aromatic carbocycles. The van der Waals surface area contributed by atoms with Gasteiger partial charge in [0.05, 0.1) is 5.56 Å². The Labute approximate surface area is 142 Å². The van der Waals surface area contributed by atoms with Crippen molar-refractivity contribution in [1.82, 2.24) is 4.90 Å². The van der Waals surface area contributed by atoms with Gasteiger partial charge in [0, 0.05) is 24.9 Å². The van der Waals surface area contributed by atoms with Gasteiger partial charge >= 0.3 is 0 Å². The van der Waals surface area contributed by atoms with Crippen LogP contribution in [0.3, 0.4) is 0 Å². The molecule has 2 amide bonds. The summed E-state index contributed by atoms with van der Waals surface area (Å²) >= 11 is 1.61. The second-order valence-corrected chi connectivity index (χ2v) is 8.32. The monoisotopic (exact) mass is 334 g/mol. The molecule has 5 heteroatoms. The number of hydrogen-bond acceptors (Lipinski definition) is 3. The van der Waals surface area contributed by atoms with Gasteiger partial charge in [-0.1, -0.05) is 13.8 Å². The lowest BCUT2D eigenvalue weighted by atomic mass is 9.88. The minimum atomic E-state index is -0.0991. The molecule has 1 unspecified atom stereocenters. The maximum absolute atomic E-state index is 13.1. The highest BCUT2D eigenvalue weighted by Crippen LogP contribution is 2.40. The van der Waals surface area contributed by atoms with Gasteiger partial charge in [-0.2, -0.15) is 0 Å².